The molecule has 4 rings (SSSR count). The van der Waals surface area contributed by atoms with Crippen molar-refractivity contribution in [1.29, 1.82) is 0 Å². The maximum atomic E-state index is 13.8. The van der Waals surface area contributed by atoms with Gasteiger partial charge in [-0.25, -0.2) is 4.39 Å². The van der Waals surface area contributed by atoms with Crippen LogP contribution in [-0.4, -0.2) is 77.9 Å². The van der Waals surface area contributed by atoms with Crippen molar-refractivity contribution in [3.8, 4) is 5.75 Å². The average molecular weight is 432 g/mol. The number of halogens is 1. The lowest BCUT2D eigenvalue weighted by Gasteiger charge is -2.42. The number of piperidine rings is 3. The number of benzene rings is 1. The van der Waals surface area contributed by atoms with Crippen LogP contribution in [0.5, 0.6) is 5.75 Å². The van der Waals surface area contributed by atoms with Gasteiger partial charge in [0.25, 0.3) is 0 Å². The van der Waals surface area contributed by atoms with Crippen molar-refractivity contribution in [2.45, 2.75) is 57.6 Å². The minimum absolute atomic E-state index is 0.0655. The number of rotatable bonds is 4. The zero-order chi connectivity index (χ0) is 21.8. The summed E-state index contributed by atoms with van der Waals surface area (Å²) in [5.41, 5.74) is 0. The second-order valence-corrected chi connectivity index (χ2v) is 9.12. The van der Waals surface area contributed by atoms with Crippen LogP contribution in [0.25, 0.3) is 0 Å². The highest BCUT2D eigenvalue weighted by Gasteiger charge is 2.34. The van der Waals surface area contributed by atoms with Gasteiger partial charge in [-0.2, -0.15) is 0 Å². The summed E-state index contributed by atoms with van der Waals surface area (Å²) < 4.78 is 19.7. The van der Waals surface area contributed by atoms with Crippen LogP contribution in [0.15, 0.2) is 24.3 Å². The van der Waals surface area contributed by atoms with Crippen LogP contribution in [0.3, 0.4) is 0 Å². The molecule has 1 aromatic rings. The summed E-state index contributed by atoms with van der Waals surface area (Å²) in [5, 5.41) is 0. The van der Waals surface area contributed by atoms with Gasteiger partial charge in [0.2, 0.25) is 11.8 Å². The number of hydrogen-bond acceptors (Lipinski definition) is 4. The van der Waals surface area contributed by atoms with E-state index in [0.29, 0.717) is 24.9 Å². The minimum Gasteiger partial charge on any atom is -0.487 e. The molecule has 0 aliphatic carbocycles. The number of nitrogens with zero attached hydrogens (tertiary/aromatic N) is 3. The van der Waals surface area contributed by atoms with Crippen LogP contribution in [-0.2, 0) is 9.59 Å². The Bertz CT molecular complexity index is 765. The van der Waals surface area contributed by atoms with Crippen molar-refractivity contribution in [3.63, 3.8) is 0 Å². The first-order chi connectivity index (χ1) is 15.0. The molecule has 170 valence electrons. The standard InChI is InChI=1S/C24H34FN3O3/c1-18(29)26-12-6-19(7-13-26)24(30)28-14-8-20(9-15-28)27-16-10-21(11-17-27)31-23-5-3-2-4-22(23)25/h2-5,19-21H,6-17H2,1H3. The first kappa shape index (κ1) is 22.1. The zero-order valence-corrected chi connectivity index (χ0v) is 18.5. The molecule has 0 atom stereocenters. The Morgan fingerprint density at radius 1 is 0.871 bits per heavy atom. The molecule has 0 bridgehead atoms. The van der Waals surface area contributed by atoms with Crippen LogP contribution in [0.1, 0.15) is 45.4 Å². The van der Waals surface area contributed by atoms with E-state index in [1.807, 2.05) is 9.80 Å². The van der Waals surface area contributed by atoms with Gasteiger partial charge in [0, 0.05) is 58.2 Å². The number of carbonyl (C=O) groups is 2. The fourth-order valence-corrected chi connectivity index (χ4v) is 5.23. The van der Waals surface area contributed by atoms with Crippen LogP contribution < -0.4 is 4.74 Å². The molecule has 6 nitrogen and oxygen atoms in total. The van der Waals surface area contributed by atoms with E-state index in [4.69, 9.17) is 4.74 Å². The maximum absolute atomic E-state index is 13.8. The van der Waals surface area contributed by atoms with Crippen molar-refractivity contribution < 1.29 is 18.7 Å². The number of ether oxygens (including phenoxy) is 1. The second kappa shape index (κ2) is 9.98. The lowest BCUT2D eigenvalue weighted by molar-refractivity contribution is -0.141. The molecule has 3 aliphatic heterocycles. The smallest absolute Gasteiger partial charge is 0.225 e. The van der Waals surface area contributed by atoms with Crippen LogP contribution in [0.2, 0.25) is 0 Å². The summed E-state index contributed by atoms with van der Waals surface area (Å²) in [5.74, 6) is 0.503. The minimum atomic E-state index is -0.297. The van der Waals surface area contributed by atoms with E-state index in [2.05, 4.69) is 4.90 Å². The second-order valence-electron chi connectivity index (χ2n) is 9.12. The summed E-state index contributed by atoms with van der Waals surface area (Å²) in [6.45, 7) is 6.56. The molecule has 1 aromatic carbocycles. The molecule has 3 heterocycles. The summed E-state index contributed by atoms with van der Waals surface area (Å²) in [6.07, 6.45) is 5.47. The number of hydrogen-bond donors (Lipinski definition) is 0. The highest BCUT2D eigenvalue weighted by atomic mass is 19.1. The van der Waals surface area contributed by atoms with Gasteiger partial charge in [-0.05, 0) is 50.7 Å². The van der Waals surface area contributed by atoms with Crippen LogP contribution >= 0.6 is 0 Å². The molecule has 0 aromatic heterocycles. The molecule has 0 spiro atoms. The molecule has 7 heteroatoms. The van der Waals surface area contributed by atoms with Gasteiger partial charge < -0.3 is 14.5 Å². The topological polar surface area (TPSA) is 53.1 Å². The van der Waals surface area contributed by atoms with Crippen LogP contribution in [0.4, 0.5) is 4.39 Å². The van der Waals surface area contributed by atoms with Gasteiger partial charge in [-0.3, -0.25) is 14.5 Å². The molecule has 3 aliphatic rings. The first-order valence-corrected chi connectivity index (χ1v) is 11.7. The lowest BCUT2D eigenvalue weighted by atomic mass is 9.93. The van der Waals surface area contributed by atoms with E-state index in [1.165, 1.54) is 6.07 Å². The lowest BCUT2D eigenvalue weighted by Crippen LogP contribution is -2.51. The third kappa shape index (κ3) is 5.37. The average Bonchev–Trinajstić information content (AvgIpc) is 2.81. The number of para-hydroxylation sites is 1. The molecular formula is C24H34FN3O3. The molecule has 0 saturated carbocycles. The molecule has 0 radical (unpaired) electrons. The van der Waals surface area contributed by atoms with E-state index in [0.717, 1.165) is 64.7 Å². The fourth-order valence-electron chi connectivity index (χ4n) is 5.23. The van der Waals surface area contributed by atoms with E-state index >= 15 is 0 Å². The highest BCUT2D eigenvalue weighted by Crippen LogP contribution is 2.27. The summed E-state index contributed by atoms with van der Waals surface area (Å²) in [6, 6.07) is 7.12. The molecule has 0 unspecified atom stereocenters. The first-order valence-electron chi connectivity index (χ1n) is 11.7. The Labute approximate surface area is 184 Å². The molecule has 31 heavy (non-hydrogen) atoms. The van der Waals surface area contributed by atoms with Crippen molar-refractivity contribution in [1.82, 2.24) is 14.7 Å². The number of carbonyl (C=O) groups excluding carboxylic acids is 2. The third-order valence-electron chi connectivity index (χ3n) is 7.19. The third-order valence-corrected chi connectivity index (χ3v) is 7.19. The Kier molecular flexibility index (Phi) is 7.10. The zero-order valence-electron chi connectivity index (χ0n) is 18.5. The Morgan fingerprint density at radius 3 is 2.10 bits per heavy atom. The van der Waals surface area contributed by atoms with Gasteiger partial charge in [0.1, 0.15) is 6.10 Å². The summed E-state index contributed by atoms with van der Waals surface area (Å²) >= 11 is 0. The molecule has 2 amide bonds. The van der Waals surface area contributed by atoms with Gasteiger partial charge in [-0.15, -0.1) is 0 Å². The van der Waals surface area contributed by atoms with E-state index in [-0.39, 0.29) is 29.7 Å². The van der Waals surface area contributed by atoms with Gasteiger partial charge in [0.15, 0.2) is 11.6 Å². The predicted molar refractivity (Wildman–Crippen MR) is 116 cm³/mol. The molecule has 0 N–H and O–H groups in total. The van der Waals surface area contributed by atoms with Gasteiger partial charge in [-0.1, -0.05) is 12.1 Å². The number of likely N-dealkylation sites (tertiary alicyclic amines) is 3. The molecule has 3 saturated heterocycles. The summed E-state index contributed by atoms with van der Waals surface area (Å²) in [7, 11) is 0. The quantitative estimate of drug-likeness (QED) is 0.736. The summed E-state index contributed by atoms with van der Waals surface area (Å²) in [4.78, 5) is 30.8. The Morgan fingerprint density at radius 2 is 1.48 bits per heavy atom. The fraction of sp³-hybridized carbons (Fsp3) is 0.667. The Hall–Kier alpha value is -2.15. The highest BCUT2D eigenvalue weighted by molar-refractivity contribution is 5.79. The molecule has 3 fully saturated rings. The van der Waals surface area contributed by atoms with Crippen molar-refractivity contribution in [2.75, 3.05) is 39.3 Å². The SMILES string of the molecule is CC(=O)N1CCC(C(=O)N2CCC(N3CCC(Oc4ccccc4F)CC3)CC2)CC1. The monoisotopic (exact) mass is 431 g/mol. The van der Waals surface area contributed by atoms with E-state index in [9.17, 15) is 14.0 Å². The van der Waals surface area contributed by atoms with Crippen molar-refractivity contribution >= 4 is 11.8 Å². The van der Waals surface area contributed by atoms with E-state index in [1.54, 1.807) is 25.1 Å². The normalized spacial score (nSPS) is 22.5. The van der Waals surface area contributed by atoms with Gasteiger partial charge >= 0.3 is 0 Å². The van der Waals surface area contributed by atoms with Crippen LogP contribution in [0, 0.1) is 11.7 Å². The van der Waals surface area contributed by atoms with Gasteiger partial charge in [0.05, 0.1) is 0 Å². The van der Waals surface area contributed by atoms with Crippen molar-refractivity contribution in [2.24, 2.45) is 5.92 Å². The predicted octanol–water partition coefficient (Wildman–Crippen LogP) is 2.92. The maximum Gasteiger partial charge on any atom is 0.225 e. The van der Waals surface area contributed by atoms with Crippen molar-refractivity contribution in [3.05, 3.63) is 30.1 Å². The Balaban J connectivity index is 1.19. The van der Waals surface area contributed by atoms with E-state index < -0.39 is 0 Å². The largest absolute Gasteiger partial charge is 0.487 e. The molecular weight excluding hydrogens is 397 g/mol. The number of amides is 2.